The van der Waals surface area contributed by atoms with Crippen LogP contribution in [0, 0.1) is 0 Å². The third-order valence-electron chi connectivity index (χ3n) is 2.15. The highest BCUT2D eigenvalue weighted by molar-refractivity contribution is 9.10. The summed E-state index contributed by atoms with van der Waals surface area (Å²) < 4.78 is 6.55. The van der Waals surface area contributed by atoms with Crippen LogP contribution in [-0.4, -0.2) is 11.7 Å². The van der Waals surface area contributed by atoms with E-state index in [1.165, 1.54) is 5.57 Å². The highest BCUT2D eigenvalue weighted by Gasteiger charge is 2.09. The summed E-state index contributed by atoms with van der Waals surface area (Å²) in [5, 5.41) is 9.62. The average Bonchev–Trinajstić information content (AvgIpc) is 2.19. The van der Waals surface area contributed by atoms with Crippen molar-refractivity contribution < 1.29 is 9.84 Å². The Morgan fingerprint density at radius 2 is 2.19 bits per heavy atom. The number of allylic oxidation sites excluding steroid dienone is 1. The van der Waals surface area contributed by atoms with Gasteiger partial charge in [-0.1, -0.05) is 21.5 Å². The summed E-state index contributed by atoms with van der Waals surface area (Å²) in [6.45, 7) is 6.32. The van der Waals surface area contributed by atoms with Gasteiger partial charge in [0.2, 0.25) is 0 Å². The molecule has 0 aromatic heterocycles. The molecular weight excluding hydrogens is 268 g/mol. The fourth-order valence-electron chi connectivity index (χ4n) is 1.28. The molecule has 88 valence electrons. The van der Waals surface area contributed by atoms with Gasteiger partial charge in [0, 0.05) is 10.0 Å². The second kappa shape index (κ2) is 6.06. The number of hydrogen-bond acceptors (Lipinski definition) is 2. The Labute approximate surface area is 105 Å². The molecule has 0 saturated carbocycles. The predicted octanol–water partition coefficient (Wildman–Crippen LogP) is 3.85. The summed E-state index contributed by atoms with van der Waals surface area (Å²) in [7, 11) is 0. The Kier molecular flexibility index (Phi) is 5.03. The van der Waals surface area contributed by atoms with Crippen LogP contribution in [0.5, 0.6) is 5.75 Å². The highest BCUT2D eigenvalue weighted by Crippen LogP contribution is 2.28. The van der Waals surface area contributed by atoms with Crippen LogP contribution in [0.3, 0.4) is 0 Å². The van der Waals surface area contributed by atoms with Gasteiger partial charge in [-0.2, -0.15) is 0 Å². The van der Waals surface area contributed by atoms with Crippen LogP contribution >= 0.6 is 15.9 Å². The molecule has 1 atom stereocenters. The molecule has 2 nitrogen and oxygen atoms in total. The average molecular weight is 285 g/mol. The minimum Gasteiger partial charge on any atom is -0.489 e. The van der Waals surface area contributed by atoms with Crippen molar-refractivity contribution in [1.82, 2.24) is 0 Å². The molecule has 0 radical (unpaired) electrons. The second-order valence-electron chi connectivity index (χ2n) is 3.95. The van der Waals surface area contributed by atoms with E-state index in [0.29, 0.717) is 6.61 Å². The molecule has 0 bridgehead atoms. The van der Waals surface area contributed by atoms with Gasteiger partial charge < -0.3 is 9.84 Å². The molecule has 0 aliphatic heterocycles. The first-order chi connectivity index (χ1) is 7.50. The third kappa shape index (κ3) is 3.99. The fourth-order valence-corrected chi connectivity index (χ4v) is 1.65. The van der Waals surface area contributed by atoms with Gasteiger partial charge in [0.05, 0.1) is 6.10 Å². The SMILES string of the molecule is CC(C)=CCOc1ccc(Br)cc1[C@@H](C)O. The lowest BCUT2D eigenvalue weighted by molar-refractivity contribution is 0.193. The number of ether oxygens (including phenoxy) is 1. The zero-order chi connectivity index (χ0) is 12.1. The predicted molar refractivity (Wildman–Crippen MR) is 69.7 cm³/mol. The molecule has 0 spiro atoms. The molecule has 1 rings (SSSR count). The smallest absolute Gasteiger partial charge is 0.125 e. The lowest BCUT2D eigenvalue weighted by Crippen LogP contribution is -2.00. The van der Waals surface area contributed by atoms with Crippen molar-refractivity contribution >= 4 is 15.9 Å². The van der Waals surface area contributed by atoms with Crippen molar-refractivity contribution in [3.05, 3.63) is 39.9 Å². The van der Waals surface area contributed by atoms with E-state index in [1.807, 2.05) is 38.1 Å². The van der Waals surface area contributed by atoms with Crippen LogP contribution in [0.1, 0.15) is 32.4 Å². The minimum atomic E-state index is -0.529. The van der Waals surface area contributed by atoms with E-state index >= 15 is 0 Å². The van der Waals surface area contributed by atoms with E-state index in [4.69, 9.17) is 4.74 Å². The number of halogens is 1. The summed E-state index contributed by atoms with van der Waals surface area (Å²) in [4.78, 5) is 0. The van der Waals surface area contributed by atoms with Gasteiger partial charge in [0.25, 0.3) is 0 Å². The monoisotopic (exact) mass is 284 g/mol. The van der Waals surface area contributed by atoms with Crippen LogP contribution in [0.4, 0.5) is 0 Å². The van der Waals surface area contributed by atoms with Gasteiger partial charge in [0.15, 0.2) is 0 Å². The van der Waals surface area contributed by atoms with Gasteiger partial charge in [-0.05, 0) is 45.0 Å². The fraction of sp³-hybridized carbons (Fsp3) is 0.385. The van der Waals surface area contributed by atoms with E-state index in [0.717, 1.165) is 15.8 Å². The largest absolute Gasteiger partial charge is 0.489 e. The Balaban J connectivity index is 2.82. The number of benzene rings is 1. The normalized spacial score (nSPS) is 12.1. The first-order valence-electron chi connectivity index (χ1n) is 5.24. The first-order valence-corrected chi connectivity index (χ1v) is 6.03. The van der Waals surface area contributed by atoms with Gasteiger partial charge in [0.1, 0.15) is 12.4 Å². The molecule has 1 N–H and O–H groups in total. The molecular formula is C13H17BrO2. The molecule has 0 amide bonds. The van der Waals surface area contributed by atoms with E-state index in [-0.39, 0.29) is 0 Å². The van der Waals surface area contributed by atoms with Gasteiger partial charge in [-0.25, -0.2) is 0 Å². The molecule has 1 aromatic rings. The number of hydrogen-bond donors (Lipinski definition) is 1. The second-order valence-corrected chi connectivity index (χ2v) is 4.87. The van der Waals surface area contributed by atoms with E-state index in [2.05, 4.69) is 15.9 Å². The summed E-state index contributed by atoms with van der Waals surface area (Å²) in [5.74, 6) is 0.732. The standard InChI is InChI=1S/C13H17BrO2/c1-9(2)6-7-16-13-5-4-11(14)8-12(13)10(3)15/h4-6,8,10,15H,7H2,1-3H3/t10-/m1/s1. The molecule has 0 fully saturated rings. The molecule has 0 saturated heterocycles. The Morgan fingerprint density at radius 3 is 2.75 bits per heavy atom. The number of aliphatic hydroxyl groups excluding tert-OH is 1. The van der Waals surface area contributed by atoms with Crippen LogP contribution in [0.2, 0.25) is 0 Å². The van der Waals surface area contributed by atoms with Crippen molar-refractivity contribution in [1.29, 1.82) is 0 Å². The maximum atomic E-state index is 9.62. The first kappa shape index (κ1) is 13.3. The zero-order valence-corrected chi connectivity index (χ0v) is 11.4. The van der Waals surface area contributed by atoms with Gasteiger partial charge in [-0.15, -0.1) is 0 Å². The molecule has 16 heavy (non-hydrogen) atoms. The summed E-state index contributed by atoms with van der Waals surface area (Å²) >= 11 is 3.38. The maximum absolute atomic E-state index is 9.62. The molecule has 3 heteroatoms. The summed E-state index contributed by atoms with van der Waals surface area (Å²) in [5.41, 5.74) is 2.02. The van der Waals surface area contributed by atoms with Crippen molar-refractivity contribution in [2.24, 2.45) is 0 Å². The molecule has 0 aliphatic rings. The van der Waals surface area contributed by atoms with Crippen molar-refractivity contribution in [2.45, 2.75) is 26.9 Å². The Bertz CT molecular complexity index is 380. The summed E-state index contributed by atoms with van der Waals surface area (Å²) in [6.07, 6.45) is 1.48. The minimum absolute atomic E-state index is 0.529. The van der Waals surface area contributed by atoms with Crippen LogP contribution in [0.15, 0.2) is 34.3 Å². The van der Waals surface area contributed by atoms with Crippen LogP contribution < -0.4 is 4.74 Å². The van der Waals surface area contributed by atoms with Crippen LogP contribution in [-0.2, 0) is 0 Å². The van der Waals surface area contributed by atoms with Crippen molar-refractivity contribution in [3.63, 3.8) is 0 Å². The quantitative estimate of drug-likeness (QED) is 0.851. The lowest BCUT2D eigenvalue weighted by Gasteiger charge is -2.12. The number of aliphatic hydroxyl groups is 1. The summed E-state index contributed by atoms with van der Waals surface area (Å²) in [6, 6.07) is 5.65. The third-order valence-corrected chi connectivity index (χ3v) is 2.65. The zero-order valence-electron chi connectivity index (χ0n) is 9.83. The van der Waals surface area contributed by atoms with Crippen molar-refractivity contribution in [2.75, 3.05) is 6.61 Å². The maximum Gasteiger partial charge on any atom is 0.125 e. The van der Waals surface area contributed by atoms with Crippen molar-refractivity contribution in [3.8, 4) is 5.75 Å². The number of rotatable bonds is 4. The van der Waals surface area contributed by atoms with E-state index in [1.54, 1.807) is 6.92 Å². The van der Waals surface area contributed by atoms with Gasteiger partial charge in [-0.3, -0.25) is 0 Å². The Morgan fingerprint density at radius 1 is 1.50 bits per heavy atom. The van der Waals surface area contributed by atoms with Crippen LogP contribution in [0.25, 0.3) is 0 Å². The lowest BCUT2D eigenvalue weighted by atomic mass is 10.1. The molecule has 1 aromatic carbocycles. The molecule has 0 aliphatic carbocycles. The Hall–Kier alpha value is -0.800. The highest BCUT2D eigenvalue weighted by atomic mass is 79.9. The molecule has 0 unspecified atom stereocenters. The van der Waals surface area contributed by atoms with E-state index in [9.17, 15) is 5.11 Å². The van der Waals surface area contributed by atoms with E-state index < -0.39 is 6.10 Å². The van der Waals surface area contributed by atoms with Gasteiger partial charge >= 0.3 is 0 Å². The topological polar surface area (TPSA) is 29.5 Å². The molecule has 0 heterocycles.